The number of rotatable bonds is 7. The van der Waals surface area contributed by atoms with E-state index < -0.39 is 5.82 Å². The minimum atomic E-state index is -0.570. The number of aryl methyl sites for hydroxylation is 2. The SMILES string of the molecule is Cc1nc(NCc2cnn(C)c2)c(F)c(OC[C@H]2C[C@@H]2c2ccccn2)n1. The molecular weight excluding hydrogens is 347 g/mol. The fourth-order valence-corrected chi connectivity index (χ4v) is 3.07. The molecule has 3 heterocycles. The van der Waals surface area contributed by atoms with Crippen LogP contribution in [0.4, 0.5) is 10.2 Å². The zero-order valence-corrected chi connectivity index (χ0v) is 15.3. The van der Waals surface area contributed by atoms with Crippen LogP contribution in [0.5, 0.6) is 5.88 Å². The quantitative estimate of drug-likeness (QED) is 0.691. The summed E-state index contributed by atoms with van der Waals surface area (Å²) < 4.78 is 22.1. The Bertz CT molecular complexity index is 929. The van der Waals surface area contributed by atoms with Gasteiger partial charge in [0.15, 0.2) is 5.82 Å². The van der Waals surface area contributed by atoms with Gasteiger partial charge in [-0.2, -0.15) is 14.5 Å². The average Bonchev–Trinajstić information content (AvgIpc) is 3.34. The lowest BCUT2D eigenvalue weighted by Gasteiger charge is -2.11. The van der Waals surface area contributed by atoms with E-state index >= 15 is 0 Å². The Morgan fingerprint density at radius 2 is 2.22 bits per heavy atom. The largest absolute Gasteiger partial charge is 0.475 e. The molecule has 0 amide bonds. The molecule has 8 heteroatoms. The van der Waals surface area contributed by atoms with Crippen molar-refractivity contribution in [2.75, 3.05) is 11.9 Å². The van der Waals surface area contributed by atoms with Gasteiger partial charge in [0.05, 0.1) is 12.8 Å². The number of pyridine rings is 1. The monoisotopic (exact) mass is 368 g/mol. The summed E-state index contributed by atoms with van der Waals surface area (Å²) in [5.41, 5.74) is 2.00. The lowest BCUT2D eigenvalue weighted by molar-refractivity contribution is 0.269. The van der Waals surface area contributed by atoms with Gasteiger partial charge in [-0.25, -0.2) is 4.98 Å². The first-order valence-corrected chi connectivity index (χ1v) is 8.89. The molecular formula is C19H21FN6O. The fraction of sp³-hybridized carbons (Fsp3) is 0.368. The van der Waals surface area contributed by atoms with Gasteiger partial charge in [0, 0.05) is 49.1 Å². The van der Waals surface area contributed by atoms with E-state index in [1.54, 1.807) is 24.0 Å². The third-order valence-electron chi connectivity index (χ3n) is 4.58. The molecule has 1 aliphatic rings. The van der Waals surface area contributed by atoms with Crippen LogP contribution in [0.25, 0.3) is 0 Å². The smallest absolute Gasteiger partial charge is 0.256 e. The van der Waals surface area contributed by atoms with Gasteiger partial charge in [-0.15, -0.1) is 0 Å². The van der Waals surface area contributed by atoms with Crippen LogP contribution >= 0.6 is 0 Å². The summed E-state index contributed by atoms with van der Waals surface area (Å²) in [6.07, 6.45) is 6.37. The van der Waals surface area contributed by atoms with Gasteiger partial charge >= 0.3 is 0 Å². The third kappa shape index (κ3) is 4.05. The van der Waals surface area contributed by atoms with E-state index in [4.69, 9.17) is 4.74 Å². The molecule has 3 aromatic heterocycles. The van der Waals surface area contributed by atoms with Gasteiger partial charge in [-0.05, 0) is 25.5 Å². The van der Waals surface area contributed by atoms with Crippen LogP contribution in [0, 0.1) is 18.7 Å². The zero-order valence-electron chi connectivity index (χ0n) is 15.3. The number of nitrogens with zero attached hydrogens (tertiary/aromatic N) is 5. The number of anilines is 1. The van der Waals surface area contributed by atoms with Gasteiger partial charge in [-0.3, -0.25) is 9.67 Å². The normalized spacial score (nSPS) is 18.3. The first-order valence-electron chi connectivity index (χ1n) is 8.89. The lowest BCUT2D eigenvalue weighted by atomic mass is 10.2. The van der Waals surface area contributed by atoms with E-state index in [1.807, 2.05) is 31.4 Å². The van der Waals surface area contributed by atoms with Gasteiger partial charge in [0.25, 0.3) is 5.88 Å². The molecule has 0 spiro atoms. The summed E-state index contributed by atoms with van der Waals surface area (Å²) in [7, 11) is 1.83. The first kappa shape index (κ1) is 17.4. The molecule has 0 unspecified atom stereocenters. The molecule has 1 fully saturated rings. The molecule has 0 aromatic carbocycles. The highest BCUT2D eigenvalue weighted by Gasteiger charge is 2.40. The van der Waals surface area contributed by atoms with E-state index in [0.29, 0.717) is 30.8 Å². The Labute approximate surface area is 156 Å². The van der Waals surface area contributed by atoms with Crippen LogP contribution in [0.3, 0.4) is 0 Å². The number of hydrogen-bond donors (Lipinski definition) is 1. The van der Waals surface area contributed by atoms with Crippen molar-refractivity contribution in [1.29, 1.82) is 0 Å². The van der Waals surface area contributed by atoms with Crippen LogP contribution in [0.2, 0.25) is 0 Å². The predicted octanol–water partition coefficient (Wildman–Crippen LogP) is 2.85. The lowest BCUT2D eigenvalue weighted by Crippen LogP contribution is -2.10. The topological polar surface area (TPSA) is 77.8 Å². The predicted molar refractivity (Wildman–Crippen MR) is 97.8 cm³/mol. The van der Waals surface area contributed by atoms with Crippen molar-refractivity contribution >= 4 is 5.82 Å². The standard InChI is InChI=1S/C19H21FN6O/c1-12-24-18(22-8-13-9-23-26(2)10-13)17(20)19(25-12)27-11-14-7-15(14)16-5-3-4-6-21-16/h3-6,9-10,14-15H,7-8,11H2,1-2H3,(H,22,24,25)/t14-,15+/m1/s1. The molecule has 0 bridgehead atoms. The number of ether oxygens (including phenoxy) is 1. The molecule has 1 aliphatic carbocycles. The van der Waals surface area contributed by atoms with Crippen molar-refractivity contribution in [1.82, 2.24) is 24.7 Å². The second kappa shape index (κ2) is 7.30. The highest BCUT2D eigenvalue weighted by atomic mass is 19.1. The van der Waals surface area contributed by atoms with E-state index in [2.05, 4.69) is 25.4 Å². The Kier molecular flexibility index (Phi) is 4.70. The molecule has 2 atom stereocenters. The molecule has 27 heavy (non-hydrogen) atoms. The van der Waals surface area contributed by atoms with Crippen molar-refractivity contribution < 1.29 is 9.13 Å². The van der Waals surface area contributed by atoms with E-state index in [-0.39, 0.29) is 11.7 Å². The van der Waals surface area contributed by atoms with Crippen molar-refractivity contribution in [2.45, 2.75) is 25.8 Å². The van der Waals surface area contributed by atoms with Crippen LogP contribution in [0.1, 0.15) is 29.4 Å². The maximum absolute atomic E-state index is 14.7. The van der Waals surface area contributed by atoms with Crippen molar-refractivity contribution in [2.24, 2.45) is 13.0 Å². The molecule has 3 aromatic rings. The molecule has 7 nitrogen and oxygen atoms in total. The minimum Gasteiger partial charge on any atom is -0.475 e. The van der Waals surface area contributed by atoms with Gasteiger partial charge in [0.2, 0.25) is 5.82 Å². The molecule has 0 saturated heterocycles. The molecule has 0 radical (unpaired) electrons. The summed E-state index contributed by atoms with van der Waals surface area (Å²) in [5.74, 6) is 0.722. The van der Waals surface area contributed by atoms with Crippen molar-refractivity contribution in [3.8, 4) is 5.88 Å². The molecule has 1 saturated carbocycles. The second-order valence-corrected chi connectivity index (χ2v) is 6.78. The minimum absolute atomic E-state index is 0.0112. The van der Waals surface area contributed by atoms with Crippen LogP contribution in [0.15, 0.2) is 36.8 Å². The maximum Gasteiger partial charge on any atom is 0.256 e. The Morgan fingerprint density at radius 3 is 2.96 bits per heavy atom. The number of hydrogen-bond acceptors (Lipinski definition) is 6. The summed E-state index contributed by atoms with van der Waals surface area (Å²) in [6.45, 7) is 2.55. The van der Waals surface area contributed by atoms with Crippen molar-refractivity contribution in [3.63, 3.8) is 0 Å². The number of aromatic nitrogens is 5. The molecule has 4 rings (SSSR count). The number of nitrogens with one attached hydrogen (secondary N) is 1. The molecule has 0 aliphatic heterocycles. The second-order valence-electron chi connectivity index (χ2n) is 6.78. The average molecular weight is 368 g/mol. The van der Waals surface area contributed by atoms with Gasteiger partial charge < -0.3 is 10.1 Å². The van der Waals surface area contributed by atoms with E-state index in [0.717, 1.165) is 17.7 Å². The van der Waals surface area contributed by atoms with Crippen LogP contribution < -0.4 is 10.1 Å². The van der Waals surface area contributed by atoms with Crippen molar-refractivity contribution in [3.05, 3.63) is 59.7 Å². The van der Waals surface area contributed by atoms with E-state index in [1.165, 1.54) is 0 Å². The van der Waals surface area contributed by atoms with Gasteiger partial charge in [0.1, 0.15) is 5.82 Å². The third-order valence-corrected chi connectivity index (χ3v) is 4.58. The fourth-order valence-electron chi connectivity index (χ4n) is 3.07. The van der Waals surface area contributed by atoms with Crippen LogP contribution in [-0.2, 0) is 13.6 Å². The summed E-state index contributed by atoms with van der Waals surface area (Å²) in [6, 6.07) is 5.89. The Hall–Kier alpha value is -3.03. The Morgan fingerprint density at radius 1 is 1.33 bits per heavy atom. The van der Waals surface area contributed by atoms with Gasteiger partial charge in [-0.1, -0.05) is 6.07 Å². The summed E-state index contributed by atoms with van der Waals surface area (Å²) >= 11 is 0. The van der Waals surface area contributed by atoms with E-state index in [9.17, 15) is 4.39 Å². The summed E-state index contributed by atoms with van der Waals surface area (Å²) in [5, 5.41) is 7.09. The maximum atomic E-state index is 14.7. The summed E-state index contributed by atoms with van der Waals surface area (Å²) in [4.78, 5) is 12.6. The zero-order chi connectivity index (χ0) is 18.8. The first-order chi connectivity index (χ1) is 13.1. The Balaban J connectivity index is 1.39. The highest BCUT2D eigenvalue weighted by Crippen LogP contribution is 2.46. The number of halogens is 1. The van der Waals surface area contributed by atoms with Crippen LogP contribution in [-0.4, -0.2) is 31.3 Å². The highest BCUT2D eigenvalue weighted by molar-refractivity contribution is 5.41. The molecule has 140 valence electrons. The molecule has 1 N–H and O–H groups in total.